The van der Waals surface area contributed by atoms with Gasteiger partial charge in [0.15, 0.2) is 0 Å². The molecule has 0 aliphatic heterocycles. The van der Waals surface area contributed by atoms with E-state index in [-0.39, 0.29) is 0 Å². The molecule has 17 heavy (non-hydrogen) atoms. The molecule has 0 aromatic heterocycles. The van der Waals surface area contributed by atoms with Crippen molar-refractivity contribution in [3.8, 4) is 0 Å². The fourth-order valence-electron chi connectivity index (χ4n) is 2.37. The summed E-state index contributed by atoms with van der Waals surface area (Å²) >= 11 is 3.44. The first-order valence-corrected chi connectivity index (χ1v) is 7.19. The van der Waals surface area contributed by atoms with Crippen molar-refractivity contribution in [2.75, 3.05) is 6.54 Å². The third-order valence-electron chi connectivity index (χ3n) is 3.83. The Hall–Kier alpha value is -0.380. The Bertz CT molecular complexity index is 397. The SMILES string of the molecule is OC(CNC1CC1)(c1ccc(Br)cc1)C1CC1. The molecule has 1 aromatic rings. The highest BCUT2D eigenvalue weighted by molar-refractivity contribution is 9.10. The van der Waals surface area contributed by atoms with Gasteiger partial charge in [-0.15, -0.1) is 0 Å². The van der Waals surface area contributed by atoms with Crippen LogP contribution in [0.2, 0.25) is 0 Å². The van der Waals surface area contributed by atoms with E-state index >= 15 is 0 Å². The van der Waals surface area contributed by atoms with Crippen LogP contribution in [-0.2, 0) is 5.60 Å². The van der Waals surface area contributed by atoms with Crippen molar-refractivity contribution in [3.05, 3.63) is 34.3 Å². The van der Waals surface area contributed by atoms with Crippen LogP contribution in [-0.4, -0.2) is 17.7 Å². The Morgan fingerprint density at radius 3 is 2.35 bits per heavy atom. The number of halogens is 1. The van der Waals surface area contributed by atoms with Gasteiger partial charge in [-0.2, -0.15) is 0 Å². The van der Waals surface area contributed by atoms with E-state index in [4.69, 9.17) is 0 Å². The van der Waals surface area contributed by atoms with Gasteiger partial charge in [-0.25, -0.2) is 0 Å². The molecule has 2 fully saturated rings. The topological polar surface area (TPSA) is 32.3 Å². The molecular weight excluding hydrogens is 278 g/mol. The van der Waals surface area contributed by atoms with E-state index in [2.05, 4.69) is 21.2 Å². The minimum atomic E-state index is -0.663. The minimum absolute atomic E-state index is 0.440. The van der Waals surface area contributed by atoms with Gasteiger partial charge in [-0.1, -0.05) is 28.1 Å². The molecule has 2 saturated carbocycles. The lowest BCUT2D eigenvalue weighted by molar-refractivity contribution is 0.0131. The Morgan fingerprint density at radius 1 is 1.18 bits per heavy atom. The Kier molecular flexibility index (Phi) is 3.01. The number of rotatable bonds is 5. The minimum Gasteiger partial charge on any atom is -0.384 e. The van der Waals surface area contributed by atoms with Gasteiger partial charge in [0.05, 0.1) is 0 Å². The molecule has 2 aliphatic carbocycles. The summed E-state index contributed by atoms with van der Waals surface area (Å²) in [6.45, 7) is 0.698. The predicted octanol–water partition coefficient (Wildman–Crippen LogP) is 2.80. The molecule has 1 aromatic carbocycles. The van der Waals surface area contributed by atoms with E-state index in [1.807, 2.05) is 24.3 Å². The molecule has 2 aliphatic rings. The van der Waals surface area contributed by atoms with E-state index < -0.39 is 5.60 Å². The van der Waals surface area contributed by atoms with E-state index in [1.165, 1.54) is 12.8 Å². The highest BCUT2D eigenvalue weighted by atomic mass is 79.9. The van der Waals surface area contributed by atoms with Crippen LogP contribution in [0.25, 0.3) is 0 Å². The molecule has 3 rings (SSSR count). The summed E-state index contributed by atoms with van der Waals surface area (Å²) in [5.41, 5.74) is 0.389. The number of benzene rings is 1. The average molecular weight is 296 g/mol. The lowest BCUT2D eigenvalue weighted by Crippen LogP contribution is -2.40. The van der Waals surface area contributed by atoms with Gasteiger partial charge in [0.2, 0.25) is 0 Å². The molecule has 0 bridgehead atoms. The van der Waals surface area contributed by atoms with Gasteiger partial charge < -0.3 is 10.4 Å². The zero-order chi connectivity index (χ0) is 11.9. The summed E-state index contributed by atoms with van der Waals surface area (Å²) in [7, 11) is 0. The van der Waals surface area contributed by atoms with Crippen LogP contribution >= 0.6 is 15.9 Å². The van der Waals surface area contributed by atoms with Crippen LogP contribution in [0.15, 0.2) is 28.7 Å². The largest absolute Gasteiger partial charge is 0.384 e. The molecule has 3 heteroatoms. The van der Waals surface area contributed by atoms with E-state index in [0.29, 0.717) is 18.5 Å². The van der Waals surface area contributed by atoms with Crippen molar-refractivity contribution < 1.29 is 5.11 Å². The molecule has 0 heterocycles. The predicted molar refractivity (Wildman–Crippen MR) is 71.8 cm³/mol. The summed E-state index contributed by atoms with van der Waals surface area (Å²) in [6, 6.07) is 8.75. The molecule has 2 N–H and O–H groups in total. The molecule has 0 radical (unpaired) electrons. The third kappa shape index (κ3) is 2.56. The molecule has 0 saturated heterocycles. The first-order valence-electron chi connectivity index (χ1n) is 6.40. The lowest BCUT2D eigenvalue weighted by Gasteiger charge is -2.29. The monoisotopic (exact) mass is 295 g/mol. The average Bonchev–Trinajstić information content (AvgIpc) is 3.18. The zero-order valence-corrected chi connectivity index (χ0v) is 11.4. The van der Waals surface area contributed by atoms with Gasteiger partial charge in [0.25, 0.3) is 0 Å². The van der Waals surface area contributed by atoms with E-state index in [0.717, 1.165) is 22.9 Å². The number of aliphatic hydroxyl groups is 1. The summed E-state index contributed by atoms with van der Waals surface area (Å²) < 4.78 is 1.06. The zero-order valence-electron chi connectivity index (χ0n) is 9.82. The molecule has 92 valence electrons. The van der Waals surface area contributed by atoms with Crippen molar-refractivity contribution in [1.29, 1.82) is 0 Å². The molecule has 2 nitrogen and oxygen atoms in total. The first-order chi connectivity index (χ1) is 8.18. The number of nitrogens with one attached hydrogen (secondary N) is 1. The fourth-order valence-corrected chi connectivity index (χ4v) is 2.63. The standard InChI is InChI=1S/C14H18BrNO/c15-12-5-3-11(4-6-12)14(17,10-1-2-10)9-16-13-7-8-13/h3-6,10,13,16-17H,1-2,7-9H2. The van der Waals surface area contributed by atoms with Crippen LogP contribution in [0.1, 0.15) is 31.2 Å². The van der Waals surface area contributed by atoms with Crippen LogP contribution in [0.3, 0.4) is 0 Å². The van der Waals surface area contributed by atoms with Gasteiger partial charge in [-0.05, 0) is 49.3 Å². The van der Waals surface area contributed by atoms with E-state index in [9.17, 15) is 5.11 Å². The van der Waals surface area contributed by atoms with Crippen LogP contribution in [0.5, 0.6) is 0 Å². The second kappa shape index (κ2) is 4.38. The smallest absolute Gasteiger partial charge is 0.105 e. The van der Waals surface area contributed by atoms with Crippen molar-refractivity contribution in [3.63, 3.8) is 0 Å². The highest BCUT2D eigenvalue weighted by Gasteiger charge is 2.45. The van der Waals surface area contributed by atoms with Gasteiger partial charge in [-0.3, -0.25) is 0 Å². The van der Waals surface area contributed by atoms with Crippen LogP contribution < -0.4 is 5.32 Å². The Labute approximate surface area is 111 Å². The third-order valence-corrected chi connectivity index (χ3v) is 4.36. The van der Waals surface area contributed by atoms with Crippen molar-refractivity contribution in [2.45, 2.75) is 37.3 Å². The quantitative estimate of drug-likeness (QED) is 0.875. The number of hydrogen-bond acceptors (Lipinski definition) is 2. The van der Waals surface area contributed by atoms with Crippen molar-refractivity contribution >= 4 is 15.9 Å². The highest BCUT2D eigenvalue weighted by Crippen LogP contribution is 2.45. The van der Waals surface area contributed by atoms with Gasteiger partial charge in [0.1, 0.15) is 5.60 Å². The summed E-state index contributed by atoms with van der Waals surface area (Å²) in [4.78, 5) is 0. The van der Waals surface area contributed by atoms with Crippen LogP contribution in [0.4, 0.5) is 0 Å². The maximum Gasteiger partial charge on any atom is 0.105 e. The summed E-state index contributed by atoms with van der Waals surface area (Å²) in [5.74, 6) is 0.440. The van der Waals surface area contributed by atoms with Crippen molar-refractivity contribution in [1.82, 2.24) is 5.32 Å². The second-order valence-corrected chi connectivity index (χ2v) is 6.28. The number of hydrogen-bond donors (Lipinski definition) is 2. The maximum absolute atomic E-state index is 10.9. The normalized spacial score (nSPS) is 23.4. The van der Waals surface area contributed by atoms with Gasteiger partial charge >= 0.3 is 0 Å². The first kappa shape index (κ1) is 11.7. The van der Waals surface area contributed by atoms with Crippen molar-refractivity contribution in [2.24, 2.45) is 5.92 Å². The molecule has 1 unspecified atom stereocenters. The molecule has 1 atom stereocenters. The Balaban J connectivity index is 1.79. The molecule has 0 amide bonds. The summed E-state index contributed by atoms with van der Waals surface area (Å²) in [6.07, 6.45) is 4.83. The van der Waals surface area contributed by atoms with E-state index in [1.54, 1.807) is 0 Å². The Morgan fingerprint density at radius 2 is 1.82 bits per heavy atom. The molecule has 0 spiro atoms. The maximum atomic E-state index is 10.9. The second-order valence-electron chi connectivity index (χ2n) is 5.36. The lowest BCUT2D eigenvalue weighted by atomic mass is 9.88. The van der Waals surface area contributed by atoms with Gasteiger partial charge in [0, 0.05) is 17.1 Å². The molecular formula is C14H18BrNO. The fraction of sp³-hybridized carbons (Fsp3) is 0.571. The summed E-state index contributed by atoms with van der Waals surface area (Å²) in [5, 5.41) is 14.4. The van der Waals surface area contributed by atoms with Crippen LogP contribution in [0, 0.1) is 5.92 Å².